The lowest BCUT2D eigenvalue weighted by Crippen LogP contribution is -2.29. The summed E-state index contributed by atoms with van der Waals surface area (Å²) in [5, 5.41) is 0. The van der Waals surface area contributed by atoms with Crippen molar-refractivity contribution in [1.82, 2.24) is 0 Å². The van der Waals surface area contributed by atoms with E-state index in [9.17, 15) is 14.4 Å². The summed E-state index contributed by atoms with van der Waals surface area (Å²) in [6.45, 7) is -0.146. The average Bonchev–Trinajstić information content (AvgIpc) is 2.98. The number of ether oxygens (including phenoxy) is 1. The number of hydrogen-bond acceptors (Lipinski definition) is 4. The Kier molecular flexibility index (Phi) is 4.79. The van der Waals surface area contributed by atoms with Crippen molar-refractivity contribution in [2.75, 3.05) is 11.5 Å². The zero-order chi connectivity index (χ0) is 19.7. The van der Waals surface area contributed by atoms with Gasteiger partial charge in [0.2, 0.25) is 0 Å². The Hall–Kier alpha value is -3.25. The van der Waals surface area contributed by atoms with Crippen LogP contribution in [0, 0.1) is 0 Å². The van der Waals surface area contributed by atoms with Crippen molar-refractivity contribution in [2.24, 2.45) is 0 Å². The summed E-state index contributed by atoms with van der Waals surface area (Å²) in [6, 6.07) is 20.3. The van der Waals surface area contributed by atoms with Crippen LogP contribution in [-0.4, -0.2) is 24.2 Å². The molecule has 6 heteroatoms. The lowest BCUT2D eigenvalue weighted by molar-refractivity contribution is 0.0910. The van der Waals surface area contributed by atoms with Crippen molar-refractivity contribution in [2.45, 2.75) is 0 Å². The van der Waals surface area contributed by atoms with Crippen molar-refractivity contribution in [3.63, 3.8) is 0 Å². The number of ketones is 1. The Labute approximate surface area is 169 Å². The maximum absolute atomic E-state index is 12.6. The van der Waals surface area contributed by atoms with Gasteiger partial charge in [0, 0.05) is 16.1 Å². The predicted molar refractivity (Wildman–Crippen MR) is 108 cm³/mol. The van der Waals surface area contributed by atoms with Crippen LogP contribution in [0.1, 0.15) is 31.1 Å². The number of rotatable bonds is 5. The molecule has 5 nitrogen and oxygen atoms in total. The number of halogens is 1. The maximum Gasteiger partial charge on any atom is 0.266 e. The van der Waals surface area contributed by atoms with Crippen molar-refractivity contribution >= 4 is 39.2 Å². The summed E-state index contributed by atoms with van der Waals surface area (Å²) in [6.07, 6.45) is 0. The number of fused-ring (bicyclic) bond motifs is 1. The van der Waals surface area contributed by atoms with Gasteiger partial charge in [-0.05, 0) is 36.4 Å². The summed E-state index contributed by atoms with van der Waals surface area (Å²) in [7, 11) is 0. The fourth-order valence-corrected chi connectivity index (χ4v) is 3.27. The van der Waals surface area contributed by atoms with Gasteiger partial charge in [-0.1, -0.05) is 46.3 Å². The first kappa shape index (κ1) is 18.1. The SMILES string of the molecule is O=C(COc1cccc(N2C(=O)c3ccccc3C2=O)c1)c1ccc(Br)cc1. The van der Waals surface area contributed by atoms with Crippen molar-refractivity contribution in [1.29, 1.82) is 0 Å². The van der Waals surface area contributed by atoms with Gasteiger partial charge in [-0.15, -0.1) is 0 Å². The molecule has 0 saturated heterocycles. The molecule has 0 aliphatic carbocycles. The Balaban J connectivity index is 1.51. The quantitative estimate of drug-likeness (QED) is 0.436. The fraction of sp³-hybridized carbons (Fsp3) is 0.0455. The third kappa shape index (κ3) is 3.34. The molecule has 28 heavy (non-hydrogen) atoms. The van der Waals surface area contributed by atoms with E-state index in [-0.39, 0.29) is 24.2 Å². The van der Waals surface area contributed by atoms with Gasteiger partial charge in [-0.2, -0.15) is 0 Å². The van der Waals surface area contributed by atoms with Gasteiger partial charge in [0.05, 0.1) is 16.8 Å². The lowest BCUT2D eigenvalue weighted by Gasteiger charge is -2.15. The number of anilines is 1. The molecule has 3 aromatic carbocycles. The molecule has 0 fully saturated rings. The van der Waals surface area contributed by atoms with Crippen LogP contribution in [0.15, 0.2) is 77.3 Å². The molecule has 0 radical (unpaired) electrons. The summed E-state index contributed by atoms with van der Waals surface area (Å²) < 4.78 is 6.48. The van der Waals surface area contributed by atoms with Crippen LogP contribution in [0.2, 0.25) is 0 Å². The van der Waals surface area contributed by atoms with Gasteiger partial charge in [-0.25, -0.2) is 4.90 Å². The highest BCUT2D eigenvalue weighted by atomic mass is 79.9. The molecular weight excluding hydrogens is 422 g/mol. The third-order valence-electron chi connectivity index (χ3n) is 4.41. The van der Waals surface area contributed by atoms with E-state index in [1.165, 1.54) is 0 Å². The number of hydrogen-bond donors (Lipinski definition) is 0. The number of amides is 2. The molecule has 2 amide bonds. The molecule has 4 rings (SSSR count). The smallest absolute Gasteiger partial charge is 0.266 e. The Morgan fingerprint density at radius 3 is 2.14 bits per heavy atom. The number of benzene rings is 3. The highest BCUT2D eigenvalue weighted by Crippen LogP contribution is 2.30. The molecule has 1 aliphatic heterocycles. The molecule has 0 atom stereocenters. The van der Waals surface area contributed by atoms with Crippen LogP contribution < -0.4 is 9.64 Å². The van der Waals surface area contributed by atoms with Crippen molar-refractivity contribution < 1.29 is 19.1 Å². The van der Waals surface area contributed by atoms with Crippen molar-refractivity contribution in [3.8, 4) is 5.75 Å². The topological polar surface area (TPSA) is 63.7 Å². The summed E-state index contributed by atoms with van der Waals surface area (Å²) in [5.74, 6) is -0.509. The van der Waals surface area contributed by atoms with Crippen LogP contribution in [0.25, 0.3) is 0 Å². The fourth-order valence-electron chi connectivity index (χ4n) is 3.00. The van der Waals surface area contributed by atoms with E-state index in [0.717, 1.165) is 9.37 Å². The van der Waals surface area contributed by atoms with Gasteiger partial charge in [-0.3, -0.25) is 14.4 Å². The Bertz CT molecular complexity index is 1060. The third-order valence-corrected chi connectivity index (χ3v) is 4.93. The zero-order valence-electron chi connectivity index (χ0n) is 14.6. The van der Waals surface area contributed by atoms with E-state index >= 15 is 0 Å². The van der Waals surface area contributed by atoms with Gasteiger partial charge in [0.1, 0.15) is 5.75 Å². The summed E-state index contributed by atoms with van der Waals surface area (Å²) >= 11 is 3.33. The molecule has 3 aromatic rings. The van der Waals surface area contributed by atoms with Crippen LogP contribution in [-0.2, 0) is 0 Å². The number of imide groups is 1. The molecule has 0 unspecified atom stereocenters. The maximum atomic E-state index is 12.6. The predicted octanol–water partition coefficient (Wildman–Crippen LogP) is 4.51. The highest BCUT2D eigenvalue weighted by molar-refractivity contribution is 9.10. The average molecular weight is 436 g/mol. The number of Topliss-reactive ketones (excluding diaryl/α,β-unsaturated/α-hetero) is 1. The summed E-state index contributed by atoms with van der Waals surface area (Å²) in [5.41, 5.74) is 1.70. The van der Waals surface area contributed by atoms with E-state index in [1.807, 2.05) is 0 Å². The van der Waals surface area contributed by atoms with Gasteiger partial charge in [0.25, 0.3) is 11.8 Å². The minimum Gasteiger partial charge on any atom is -0.485 e. The first-order chi connectivity index (χ1) is 13.5. The molecule has 0 N–H and O–H groups in total. The number of nitrogens with zero attached hydrogens (tertiary/aromatic N) is 1. The highest BCUT2D eigenvalue weighted by Gasteiger charge is 2.36. The largest absolute Gasteiger partial charge is 0.485 e. The number of carbonyl (C=O) groups is 3. The molecule has 0 aromatic heterocycles. The van der Waals surface area contributed by atoms with Crippen LogP contribution in [0.4, 0.5) is 5.69 Å². The first-order valence-electron chi connectivity index (χ1n) is 8.54. The molecule has 0 saturated carbocycles. The summed E-state index contributed by atoms with van der Waals surface area (Å²) in [4.78, 5) is 38.6. The molecular formula is C22H14BrNO4. The zero-order valence-corrected chi connectivity index (χ0v) is 16.2. The minimum atomic E-state index is -0.372. The molecule has 1 aliphatic rings. The van der Waals surface area contributed by atoms with E-state index in [2.05, 4.69) is 15.9 Å². The minimum absolute atomic E-state index is 0.146. The standard InChI is InChI=1S/C22H14BrNO4/c23-15-10-8-14(9-11-15)20(25)13-28-17-5-3-4-16(12-17)24-21(26)18-6-1-2-7-19(18)22(24)27/h1-12H,13H2. The van der Waals surface area contributed by atoms with Crippen molar-refractivity contribution in [3.05, 3.63) is 94.0 Å². The van der Waals surface area contributed by atoms with Gasteiger partial charge < -0.3 is 4.74 Å². The van der Waals surface area contributed by atoms with Crippen LogP contribution >= 0.6 is 15.9 Å². The van der Waals surface area contributed by atoms with E-state index in [4.69, 9.17) is 4.74 Å². The van der Waals surface area contributed by atoms with E-state index in [0.29, 0.717) is 28.1 Å². The molecule has 0 bridgehead atoms. The first-order valence-corrected chi connectivity index (χ1v) is 9.33. The second-order valence-electron chi connectivity index (χ2n) is 6.21. The second kappa shape index (κ2) is 7.40. The number of carbonyl (C=O) groups excluding carboxylic acids is 3. The van der Waals surface area contributed by atoms with Gasteiger partial charge >= 0.3 is 0 Å². The normalized spacial score (nSPS) is 12.8. The van der Waals surface area contributed by atoms with Crippen LogP contribution in [0.5, 0.6) is 5.75 Å². The van der Waals surface area contributed by atoms with Gasteiger partial charge in [0.15, 0.2) is 12.4 Å². The lowest BCUT2D eigenvalue weighted by atomic mass is 10.1. The second-order valence-corrected chi connectivity index (χ2v) is 7.12. The van der Waals surface area contributed by atoms with E-state index < -0.39 is 0 Å². The Morgan fingerprint density at radius 2 is 1.50 bits per heavy atom. The Morgan fingerprint density at radius 1 is 0.857 bits per heavy atom. The molecule has 1 heterocycles. The molecule has 0 spiro atoms. The van der Waals surface area contributed by atoms with Crippen LogP contribution in [0.3, 0.4) is 0 Å². The van der Waals surface area contributed by atoms with E-state index in [1.54, 1.807) is 72.8 Å². The molecule has 138 valence electrons. The monoisotopic (exact) mass is 435 g/mol.